The molecule has 2 fully saturated rings. The predicted octanol–water partition coefficient (Wildman–Crippen LogP) is 5.18. The van der Waals surface area contributed by atoms with Gasteiger partial charge >= 0.3 is 0 Å². The molecule has 44 heavy (non-hydrogen) atoms. The number of halogens is 2. The number of fused-ring (bicyclic) bond motifs is 1. The van der Waals surface area contributed by atoms with Gasteiger partial charge in [0.15, 0.2) is 0 Å². The zero-order valence-electron chi connectivity index (χ0n) is 24.4. The summed E-state index contributed by atoms with van der Waals surface area (Å²) in [4.78, 5) is 13.4. The first-order valence-electron chi connectivity index (χ1n) is 14.5. The molecule has 1 unspecified atom stereocenters. The molecule has 0 radical (unpaired) electrons. The lowest BCUT2D eigenvalue weighted by Crippen LogP contribution is -2.50. The second-order valence-electron chi connectivity index (χ2n) is 10.8. The number of hydrogen-bond donors (Lipinski definition) is 1. The lowest BCUT2D eigenvalue weighted by molar-refractivity contribution is 0.122. The molecule has 2 saturated heterocycles. The monoisotopic (exact) mass is 620 g/mol. The molecule has 0 saturated carbocycles. The number of hydrogen-bond acceptors (Lipinski definition) is 8. The van der Waals surface area contributed by atoms with Gasteiger partial charge in [0, 0.05) is 50.4 Å². The fourth-order valence-corrected chi connectivity index (χ4v) is 7.63. The van der Waals surface area contributed by atoms with E-state index in [0.29, 0.717) is 54.4 Å². The third kappa shape index (κ3) is 5.72. The van der Waals surface area contributed by atoms with E-state index in [-0.39, 0.29) is 18.7 Å². The average molecular weight is 621 g/mol. The highest BCUT2D eigenvalue weighted by molar-refractivity contribution is 7.89. The second-order valence-corrected chi connectivity index (χ2v) is 12.9. The number of rotatable bonds is 8. The molecule has 0 spiro atoms. The fraction of sp³-hybridized carbons (Fsp3) is 0.312. The van der Waals surface area contributed by atoms with E-state index < -0.39 is 26.9 Å². The van der Waals surface area contributed by atoms with Crippen LogP contribution >= 0.6 is 0 Å². The minimum absolute atomic E-state index is 0.0712. The molecule has 0 amide bonds. The van der Waals surface area contributed by atoms with Crippen molar-refractivity contribution in [1.82, 2.24) is 14.3 Å². The first-order valence-corrected chi connectivity index (χ1v) is 16.0. The summed E-state index contributed by atoms with van der Waals surface area (Å²) in [5, 5.41) is 2.58. The molecule has 0 aliphatic carbocycles. The van der Waals surface area contributed by atoms with Crippen LogP contribution in [0.3, 0.4) is 0 Å². The Morgan fingerprint density at radius 1 is 0.955 bits per heavy atom. The summed E-state index contributed by atoms with van der Waals surface area (Å²) < 4.78 is 63.8. The molecule has 4 heterocycles. The summed E-state index contributed by atoms with van der Waals surface area (Å²) in [6.45, 7) is 9.43. The first kappa shape index (κ1) is 29.9. The maximum Gasteiger partial charge on any atom is 0.225 e. The van der Waals surface area contributed by atoms with Gasteiger partial charge in [0.25, 0.3) is 0 Å². The van der Waals surface area contributed by atoms with Gasteiger partial charge in [-0.15, -0.1) is 6.58 Å². The van der Waals surface area contributed by atoms with Gasteiger partial charge in [-0.2, -0.15) is 4.31 Å². The van der Waals surface area contributed by atoms with E-state index in [4.69, 9.17) is 9.72 Å². The summed E-state index contributed by atoms with van der Waals surface area (Å²) in [7, 11) is -3.92. The summed E-state index contributed by atoms with van der Waals surface area (Å²) in [5.74, 6) is -0.355. The number of morpholine rings is 1. The maximum absolute atomic E-state index is 15.3. The third-order valence-electron chi connectivity index (χ3n) is 8.19. The molecule has 6 rings (SSSR count). The average Bonchev–Trinajstić information content (AvgIpc) is 3.04. The number of nitrogens with one attached hydrogen (secondary N) is 1. The van der Waals surface area contributed by atoms with Crippen LogP contribution in [0.15, 0.2) is 73.6 Å². The summed E-state index contributed by atoms with van der Waals surface area (Å²) in [6.07, 6.45) is 4.77. The Bertz CT molecular complexity index is 1790. The number of piperazine rings is 1. The summed E-state index contributed by atoms with van der Waals surface area (Å²) in [5.41, 5.74) is 3.50. The van der Waals surface area contributed by atoms with Crippen molar-refractivity contribution >= 4 is 43.8 Å². The van der Waals surface area contributed by atoms with E-state index in [1.165, 1.54) is 34.6 Å². The standard InChI is InChI=1S/C32H34F2N6O3S/c1-3-29(25-7-4-5-8-26(25)33)44(41,42)40-13-11-39(12-14-40)32-22(2)31(30-27(34)9-6-10-28(30)37-32)36-23-19-24(21-35-20-23)38-15-17-43-18-16-38/h3-10,19-21,29H,1,11-18H2,2H3,(H,36,37). The Hall–Kier alpha value is -4.13. The van der Waals surface area contributed by atoms with Gasteiger partial charge in [0.2, 0.25) is 10.0 Å². The van der Waals surface area contributed by atoms with Gasteiger partial charge in [-0.25, -0.2) is 22.2 Å². The minimum Gasteiger partial charge on any atom is -0.378 e. The van der Waals surface area contributed by atoms with Crippen molar-refractivity contribution in [3.05, 3.63) is 96.3 Å². The molecule has 9 nitrogen and oxygen atoms in total. The SMILES string of the molecule is C=CC(c1ccccc1F)S(=O)(=O)N1CCN(c2nc3cccc(F)c3c(Nc3cncc(N4CCOCC4)c3)c2C)CC1. The van der Waals surface area contributed by atoms with Crippen molar-refractivity contribution in [2.24, 2.45) is 0 Å². The molecular formula is C32H34F2N6O3S. The fourth-order valence-electron chi connectivity index (χ4n) is 5.88. The van der Waals surface area contributed by atoms with Crippen molar-refractivity contribution in [3.8, 4) is 0 Å². The number of anilines is 4. The molecule has 0 bridgehead atoms. The summed E-state index contributed by atoms with van der Waals surface area (Å²) >= 11 is 0. The largest absolute Gasteiger partial charge is 0.378 e. The van der Waals surface area contributed by atoms with Gasteiger partial charge < -0.3 is 19.9 Å². The molecule has 2 aromatic heterocycles. The van der Waals surface area contributed by atoms with Crippen molar-refractivity contribution in [1.29, 1.82) is 0 Å². The smallest absolute Gasteiger partial charge is 0.225 e. The van der Waals surface area contributed by atoms with Crippen LogP contribution < -0.4 is 15.1 Å². The topological polar surface area (TPSA) is 90.9 Å². The zero-order valence-corrected chi connectivity index (χ0v) is 25.2. The van der Waals surface area contributed by atoms with Crippen LogP contribution in [0.5, 0.6) is 0 Å². The maximum atomic E-state index is 15.3. The number of aromatic nitrogens is 2. The van der Waals surface area contributed by atoms with Gasteiger partial charge in [-0.1, -0.05) is 30.3 Å². The highest BCUT2D eigenvalue weighted by atomic mass is 32.2. The molecule has 4 aromatic rings. The highest BCUT2D eigenvalue weighted by Gasteiger charge is 2.35. The number of pyridine rings is 2. The lowest BCUT2D eigenvalue weighted by Gasteiger charge is -2.37. The zero-order chi connectivity index (χ0) is 30.8. The normalized spacial score (nSPS) is 17.1. The summed E-state index contributed by atoms with van der Waals surface area (Å²) in [6, 6.07) is 12.6. The van der Waals surface area contributed by atoms with Crippen LogP contribution in [0, 0.1) is 18.6 Å². The van der Waals surface area contributed by atoms with Crippen LogP contribution in [-0.4, -0.2) is 75.2 Å². The van der Waals surface area contributed by atoms with Crippen LogP contribution in [0.2, 0.25) is 0 Å². The lowest BCUT2D eigenvalue weighted by atomic mass is 10.1. The van der Waals surface area contributed by atoms with E-state index in [2.05, 4.69) is 21.8 Å². The van der Waals surface area contributed by atoms with Gasteiger partial charge in [-0.05, 0) is 31.2 Å². The molecule has 230 valence electrons. The van der Waals surface area contributed by atoms with Crippen LogP contribution in [0.25, 0.3) is 10.9 Å². The Labute approximate surface area is 255 Å². The quantitative estimate of drug-likeness (QED) is 0.270. The molecular weight excluding hydrogens is 586 g/mol. The molecule has 2 aromatic carbocycles. The van der Waals surface area contributed by atoms with Crippen molar-refractivity contribution in [2.75, 3.05) is 67.6 Å². The Balaban J connectivity index is 1.28. The van der Waals surface area contributed by atoms with E-state index in [0.717, 1.165) is 24.3 Å². The highest BCUT2D eigenvalue weighted by Crippen LogP contribution is 2.37. The van der Waals surface area contributed by atoms with E-state index in [1.807, 2.05) is 17.9 Å². The second kappa shape index (κ2) is 12.5. The molecule has 12 heteroatoms. The Morgan fingerprint density at radius 2 is 1.68 bits per heavy atom. The van der Waals surface area contributed by atoms with Crippen molar-refractivity contribution < 1.29 is 21.9 Å². The molecule has 2 aliphatic heterocycles. The Morgan fingerprint density at radius 3 is 2.41 bits per heavy atom. The molecule has 1 atom stereocenters. The van der Waals surface area contributed by atoms with Crippen molar-refractivity contribution in [3.63, 3.8) is 0 Å². The van der Waals surface area contributed by atoms with E-state index in [9.17, 15) is 12.8 Å². The van der Waals surface area contributed by atoms with E-state index >= 15 is 4.39 Å². The third-order valence-corrected chi connectivity index (χ3v) is 10.4. The molecule has 2 aliphatic rings. The number of benzene rings is 2. The molecule has 1 N–H and O–H groups in total. The van der Waals surface area contributed by atoms with Crippen LogP contribution in [-0.2, 0) is 14.8 Å². The van der Waals surface area contributed by atoms with Gasteiger partial charge in [-0.3, -0.25) is 4.98 Å². The van der Waals surface area contributed by atoms with Gasteiger partial charge in [0.1, 0.15) is 22.7 Å². The van der Waals surface area contributed by atoms with Crippen molar-refractivity contribution in [2.45, 2.75) is 12.2 Å². The first-order chi connectivity index (χ1) is 21.3. The number of ether oxygens (including phenoxy) is 1. The number of sulfonamides is 1. The Kier molecular flexibility index (Phi) is 8.48. The minimum atomic E-state index is -3.92. The van der Waals surface area contributed by atoms with Crippen LogP contribution in [0.1, 0.15) is 16.4 Å². The van der Waals surface area contributed by atoms with Gasteiger partial charge in [0.05, 0.1) is 53.6 Å². The number of nitrogens with zero attached hydrogens (tertiary/aromatic N) is 5. The predicted molar refractivity (Wildman–Crippen MR) is 169 cm³/mol. The van der Waals surface area contributed by atoms with E-state index in [1.54, 1.807) is 30.6 Å². The van der Waals surface area contributed by atoms with Crippen LogP contribution in [0.4, 0.5) is 31.7 Å².